The Kier molecular flexibility index (Phi) is 4.76. The van der Waals surface area contributed by atoms with E-state index in [4.69, 9.17) is 40.2 Å². The summed E-state index contributed by atoms with van der Waals surface area (Å²) in [5.74, 6) is 0.376. The summed E-state index contributed by atoms with van der Waals surface area (Å²) in [6, 6.07) is 12.2. The first-order valence-corrected chi connectivity index (χ1v) is 8.12. The van der Waals surface area contributed by atoms with Gasteiger partial charge in [0, 0.05) is 16.1 Å². The van der Waals surface area contributed by atoms with Gasteiger partial charge in [-0.05, 0) is 48.1 Å². The van der Waals surface area contributed by atoms with E-state index in [-0.39, 0.29) is 5.91 Å². The van der Waals surface area contributed by atoms with E-state index in [1.807, 2.05) is 0 Å². The maximum Gasteiger partial charge on any atom is 0.281 e. The lowest BCUT2D eigenvalue weighted by molar-refractivity contribution is -0.113. The van der Waals surface area contributed by atoms with Gasteiger partial charge in [-0.1, -0.05) is 35.3 Å². The lowest BCUT2D eigenvalue weighted by Gasteiger charge is -2.14. The van der Waals surface area contributed by atoms with Crippen molar-refractivity contribution in [3.63, 3.8) is 0 Å². The smallest absolute Gasteiger partial charge is 0.281 e. The summed E-state index contributed by atoms with van der Waals surface area (Å²) >= 11 is 17.3. The molecule has 0 atom stereocenters. The Bertz CT molecular complexity index is 867. The molecule has 0 unspecified atom stereocenters. The Labute approximate surface area is 154 Å². The van der Waals surface area contributed by atoms with E-state index >= 15 is 0 Å². The number of thiocarbonyl (C=S) groups is 1. The molecule has 1 fully saturated rings. The lowest BCUT2D eigenvalue weighted by Crippen LogP contribution is -2.30. The fraction of sp³-hybridized carbons (Fsp3) is 0.0588. The van der Waals surface area contributed by atoms with Crippen LogP contribution >= 0.6 is 35.4 Å². The summed E-state index contributed by atoms with van der Waals surface area (Å²) in [5.41, 5.74) is 1.64. The third kappa shape index (κ3) is 3.24. The standard InChI is InChI=1S/C17H12Cl2N2O2S/c1-23-13-4-2-3-12(9-13)21-16(22)15(20-17(21)24)7-10-5-6-11(18)8-14(10)19/h2-9H,1H3,(H,20,24)/b15-7+. The highest BCUT2D eigenvalue weighted by atomic mass is 35.5. The molecule has 1 heterocycles. The van der Waals surface area contributed by atoms with Crippen LogP contribution < -0.4 is 15.0 Å². The van der Waals surface area contributed by atoms with Gasteiger partial charge in [0.1, 0.15) is 11.4 Å². The third-order valence-corrected chi connectivity index (χ3v) is 4.30. The van der Waals surface area contributed by atoms with E-state index in [1.165, 1.54) is 4.90 Å². The number of benzene rings is 2. The molecular weight excluding hydrogens is 367 g/mol. The molecule has 1 aliphatic rings. The normalized spacial score (nSPS) is 15.8. The molecule has 0 spiro atoms. The quantitative estimate of drug-likeness (QED) is 0.639. The van der Waals surface area contributed by atoms with Gasteiger partial charge >= 0.3 is 0 Å². The molecule has 1 N–H and O–H groups in total. The molecule has 0 radical (unpaired) electrons. The minimum atomic E-state index is -0.265. The number of amides is 1. The van der Waals surface area contributed by atoms with Crippen LogP contribution in [0.5, 0.6) is 5.75 Å². The zero-order chi connectivity index (χ0) is 17.3. The zero-order valence-electron chi connectivity index (χ0n) is 12.5. The molecular formula is C17H12Cl2N2O2S. The van der Waals surface area contributed by atoms with Crippen LogP contribution in [0, 0.1) is 0 Å². The Balaban J connectivity index is 1.95. The first-order chi connectivity index (χ1) is 11.5. The van der Waals surface area contributed by atoms with Crippen molar-refractivity contribution in [2.75, 3.05) is 12.0 Å². The Morgan fingerprint density at radius 3 is 2.71 bits per heavy atom. The van der Waals surface area contributed by atoms with E-state index in [1.54, 1.807) is 55.7 Å². The average Bonchev–Trinajstić information content (AvgIpc) is 2.84. The van der Waals surface area contributed by atoms with Crippen LogP contribution in [0.1, 0.15) is 5.56 Å². The fourth-order valence-electron chi connectivity index (χ4n) is 2.29. The van der Waals surface area contributed by atoms with Crippen LogP contribution in [0.3, 0.4) is 0 Å². The monoisotopic (exact) mass is 378 g/mol. The minimum absolute atomic E-state index is 0.265. The maximum absolute atomic E-state index is 12.7. The molecule has 24 heavy (non-hydrogen) atoms. The van der Waals surface area contributed by atoms with Crippen LogP contribution in [0.2, 0.25) is 10.0 Å². The summed E-state index contributed by atoms with van der Waals surface area (Å²) in [6.07, 6.45) is 1.65. The van der Waals surface area contributed by atoms with Crippen LogP contribution in [-0.4, -0.2) is 18.1 Å². The van der Waals surface area contributed by atoms with Crippen molar-refractivity contribution in [3.8, 4) is 5.75 Å². The van der Waals surface area contributed by atoms with Gasteiger partial charge in [-0.2, -0.15) is 0 Å². The molecule has 122 valence electrons. The van der Waals surface area contributed by atoms with Crippen molar-refractivity contribution >= 4 is 58.2 Å². The van der Waals surface area contributed by atoms with Crippen LogP contribution in [-0.2, 0) is 4.79 Å². The van der Waals surface area contributed by atoms with Crippen LogP contribution in [0.4, 0.5) is 5.69 Å². The minimum Gasteiger partial charge on any atom is -0.497 e. The number of halogens is 2. The number of hydrogen-bond acceptors (Lipinski definition) is 3. The molecule has 1 aliphatic heterocycles. The van der Waals surface area contributed by atoms with Gasteiger partial charge in [0.2, 0.25) is 0 Å². The van der Waals surface area contributed by atoms with Gasteiger partial charge < -0.3 is 10.1 Å². The highest BCUT2D eigenvalue weighted by Gasteiger charge is 2.32. The number of anilines is 1. The van der Waals surface area contributed by atoms with E-state index in [0.717, 1.165) is 0 Å². The molecule has 4 nitrogen and oxygen atoms in total. The van der Waals surface area contributed by atoms with Gasteiger partial charge in [-0.3, -0.25) is 9.69 Å². The van der Waals surface area contributed by atoms with Gasteiger partial charge in [0.25, 0.3) is 5.91 Å². The first kappa shape index (κ1) is 16.8. The van der Waals surface area contributed by atoms with Crippen molar-refractivity contribution < 1.29 is 9.53 Å². The molecule has 0 aromatic heterocycles. The first-order valence-electron chi connectivity index (χ1n) is 6.96. The van der Waals surface area contributed by atoms with Crippen LogP contribution in [0.15, 0.2) is 48.2 Å². The lowest BCUT2D eigenvalue weighted by atomic mass is 10.2. The molecule has 2 aromatic rings. The number of ether oxygens (including phenoxy) is 1. The SMILES string of the molecule is COc1cccc(N2C(=O)/C(=C\c3ccc(Cl)cc3Cl)NC2=S)c1. The van der Waals surface area contributed by atoms with E-state index in [9.17, 15) is 4.79 Å². The number of nitrogens with zero attached hydrogens (tertiary/aromatic N) is 1. The molecule has 1 amide bonds. The topological polar surface area (TPSA) is 41.6 Å². The number of methoxy groups -OCH3 is 1. The average molecular weight is 379 g/mol. The van der Waals surface area contributed by atoms with E-state index in [0.29, 0.717) is 37.9 Å². The number of carbonyl (C=O) groups excluding carboxylic acids is 1. The van der Waals surface area contributed by atoms with Crippen molar-refractivity contribution in [2.24, 2.45) is 0 Å². The van der Waals surface area contributed by atoms with Crippen molar-refractivity contribution in [1.82, 2.24) is 5.32 Å². The highest BCUT2D eigenvalue weighted by molar-refractivity contribution is 7.80. The molecule has 0 saturated carbocycles. The van der Waals surface area contributed by atoms with Crippen molar-refractivity contribution in [1.29, 1.82) is 0 Å². The van der Waals surface area contributed by atoms with Crippen molar-refractivity contribution in [2.45, 2.75) is 0 Å². The van der Waals surface area contributed by atoms with E-state index < -0.39 is 0 Å². The summed E-state index contributed by atoms with van der Waals surface area (Å²) < 4.78 is 5.19. The predicted molar refractivity (Wildman–Crippen MR) is 101 cm³/mol. The summed E-state index contributed by atoms with van der Waals surface area (Å²) in [4.78, 5) is 14.1. The fourth-order valence-corrected chi connectivity index (χ4v) is 3.05. The molecule has 7 heteroatoms. The van der Waals surface area contributed by atoms with Gasteiger partial charge in [0.15, 0.2) is 5.11 Å². The number of hydrogen-bond donors (Lipinski definition) is 1. The van der Waals surface area contributed by atoms with Gasteiger partial charge in [0.05, 0.1) is 12.8 Å². The Morgan fingerprint density at radius 1 is 1.21 bits per heavy atom. The molecule has 2 aromatic carbocycles. The second kappa shape index (κ2) is 6.81. The second-order valence-electron chi connectivity index (χ2n) is 5.00. The number of rotatable bonds is 3. The van der Waals surface area contributed by atoms with Crippen LogP contribution in [0.25, 0.3) is 6.08 Å². The van der Waals surface area contributed by atoms with Crippen molar-refractivity contribution in [3.05, 3.63) is 63.8 Å². The van der Waals surface area contributed by atoms with Gasteiger partial charge in [-0.25, -0.2) is 0 Å². The predicted octanol–water partition coefficient (Wildman–Crippen LogP) is 4.26. The second-order valence-corrected chi connectivity index (χ2v) is 6.23. The largest absolute Gasteiger partial charge is 0.497 e. The maximum atomic E-state index is 12.7. The number of nitrogens with one attached hydrogen (secondary N) is 1. The summed E-state index contributed by atoms with van der Waals surface area (Å²) in [6.45, 7) is 0. The molecule has 3 rings (SSSR count). The summed E-state index contributed by atoms with van der Waals surface area (Å²) in [5, 5.41) is 4.20. The summed E-state index contributed by atoms with van der Waals surface area (Å²) in [7, 11) is 1.56. The highest BCUT2D eigenvalue weighted by Crippen LogP contribution is 2.28. The Morgan fingerprint density at radius 2 is 2.00 bits per heavy atom. The van der Waals surface area contributed by atoms with Gasteiger partial charge in [-0.15, -0.1) is 0 Å². The Hall–Kier alpha value is -2.08. The number of carbonyl (C=O) groups is 1. The zero-order valence-corrected chi connectivity index (χ0v) is 14.9. The third-order valence-electron chi connectivity index (χ3n) is 3.45. The molecule has 0 bridgehead atoms. The molecule has 0 aliphatic carbocycles. The molecule has 1 saturated heterocycles. The van der Waals surface area contributed by atoms with E-state index in [2.05, 4.69) is 5.32 Å².